The number of carbonyl (C=O) groups is 1. The smallest absolute Gasteiger partial charge is 0.251 e. The molecule has 0 saturated carbocycles. The molecule has 2 aromatic rings. The van der Waals surface area contributed by atoms with Gasteiger partial charge in [0.15, 0.2) is 0 Å². The molecular weight excluding hydrogens is 401 g/mol. The van der Waals surface area contributed by atoms with Crippen molar-refractivity contribution in [2.75, 3.05) is 33.0 Å². The quantitative estimate of drug-likeness (QED) is 0.692. The van der Waals surface area contributed by atoms with Gasteiger partial charge in [-0.25, -0.2) is 0 Å². The molecule has 1 aliphatic rings. The van der Waals surface area contributed by atoms with Crippen LogP contribution in [0.15, 0.2) is 42.5 Å². The van der Waals surface area contributed by atoms with Crippen molar-refractivity contribution in [1.29, 1.82) is 0 Å². The molecule has 2 aromatic carbocycles. The van der Waals surface area contributed by atoms with Crippen LogP contribution in [-0.2, 0) is 6.54 Å². The molecule has 154 valence electrons. The number of nitrogens with one attached hydrogen (secondary N) is 1. The summed E-state index contributed by atoms with van der Waals surface area (Å²) in [6.07, 6.45) is 0.926. The molecule has 1 saturated heterocycles. The maximum absolute atomic E-state index is 12.4. The van der Waals surface area contributed by atoms with Gasteiger partial charge in [0, 0.05) is 43.0 Å². The molecule has 0 radical (unpaired) electrons. The van der Waals surface area contributed by atoms with Gasteiger partial charge >= 0.3 is 0 Å². The monoisotopic (exact) mass is 427 g/mol. The number of nitrogens with zero attached hydrogens (tertiary/aromatic N) is 1. The Morgan fingerprint density at radius 3 is 2.43 bits per heavy atom. The predicted octanol–water partition coefficient (Wildman–Crippen LogP) is 3.13. The molecule has 3 rings (SSSR count). The molecule has 28 heavy (non-hydrogen) atoms. The number of halogens is 2. The second-order valence-corrected chi connectivity index (χ2v) is 6.54. The molecular formula is C20H27Cl2N3O3. The van der Waals surface area contributed by atoms with Crippen LogP contribution in [0, 0.1) is 0 Å². The first-order valence-electron chi connectivity index (χ1n) is 8.68. The Hall–Kier alpha value is -2.15. The van der Waals surface area contributed by atoms with Gasteiger partial charge in [-0.1, -0.05) is 6.07 Å². The second kappa shape index (κ2) is 11.0. The van der Waals surface area contributed by atoms with E-state index in [1.54, 1.807) is 38.5 Å². The minimum atomic E-state index is -0.0767. The van der Waals surface area contributed by atoms with Gasteiger partial charge in [-0.2, -0.15) is 0 Å². The van der Waals surface area contributed by atoms with E-state index in [0.717, 1.165) is 43.1 Å². The van der Waals surface area contributed by atoms with Crippen molar-refractivity contribution in [2.45, 2.75) is 19.0 Å². The Morgan fingerprint density at radius 2 is 1.82 bits per heavy atom. The molecule has 1 aliphatic heterocycles. The maximum atomic E-state index is 12.4. The number of carbonyl (C=O) groups excluding carboxylic acids is 1. The highest BCUT2D eigenvalue weighted by molar-refractivity contribution is 5.95. The van der Waals surface area contributed by atoms with Crippen molar-refractivity contribution in [1.82, 2.24) is 10.2 Å². The van der Waals surface area contributed by atoms with E-state index in [1.807, 2.05) is 18.2 Å². The minimum absolute atomic E-state index is 0. The highest BCUT2D eigenvalue weighted by Gasteiger charge is 2.24. The van der Waals surface area contributed by atoms with E-state index in [0.29, 0.717) is 11.3 Å². The Kier molecular flexibility index (Phi) is 9.38. The number of ether oxygens (including phenoxy) is 2. The van der Waals surface area contributed by atoms with Crippen molar-refractivity contribution in [3.8, 4) is 11.5 Å². The van der Waals surface area contributed by atoms with Crippen LogP contribution in [0.2, 0.25) is 0 Å². The molecule has 8 heteroatoms. The molecule has 1 fully saturated rings. The molecule has 0 aromatic heterocycles. The van der Waals surface area contributed by atoms with Crippen LogP contribution in [0.3, 0.4) is 0 Å². The number of methoxy groups -OCH3 is 2. The fourth-order valence-corrected chi connectivity index (χ4v) is 3.26. The van der Waals surface area contributed by atoms with Crippen LogP contribution < -0.4 is 20.5 Å². The maximum Gasteiger partial charge on any atom is 0.251 e. The Labute approximate surface area is 178 Å². The highest BCUT2D eigenvalue weighted by atomic mass is 35.5. The molecule has 3 N–H and O–H groups in total. The Morgan fingerprint density at radius 1 is 1.14 bits per heavy atom. The normalized spacial score (nSPS) is 15.9. The summed E-state index contributed by atoms with van der Waals surface area (Å²) >= 11 is 0. The fraction of sp³-hybridized carbons (Fsp3) is 0.350. The summed E-state index contributed by atoms with van der Waals surface area (Å²) in [6, 6.07) is 13.1. The lowest BCUT2D eigenvalue weighted by atomic mass is 10.1. The number of benzene rings is 2. The number of nitrogens with two attached hydrogens (primary N) is 1. The molecule has 0 spiro atoms. The van der Waals surface area contributed by atoms with Crippen LogP contribution in [-0.4, -0.2) is 44.2 Å². The fourth-order valence-electron chi connectivity index (χ4n) is 3.26. The van der Waals surface area contributed by atoms with Crippen molar-refractivity contribution in [3.05, 3.63) is 53.6 Å². The third-order valence-electron chi connectivity index (χ3n) is 4.57. The highest BCUT2D eigenvalue weighted by Crippen LogP contribution is 2.24. The van der Waals surface area contributed by atoms with Crippen molar-refractivity contribution < 1.29 is 14.3 Å². The largest absolute Gasteiger partial charge is 0.497 e. The number of hydrogen-bond donors (Lipinski definition) is 2. The second-order valence-electron chi connectivity index (χ2n) is 6.54. The molecule has 0 aliphatic carbocycles. The van der Waals surface area contributed by atoms with Crippen molar-refractivity contribution in [2.24, 2.45) is 0 Å². The number of nitrogen functional groups attached to an aromatic ring is 1. The Balaban J connectivity index is 0.00000196. The van der Waals surface area contributed by atoms with Crippen LogP contribution in [0.5, 0.6) is 11.5 Å². The van der Waals surface area contributed by atoms with Gasteiger partial charge in [0.2, 0.25) is 0 Å². The van der Waals surface area contributed by atoms with Gasteiger partial charge in [0.25, 0.3) is 5.91 Å². The van der Waals surface area contributed by atoms with E-state index in [-0.39, 0.29) is 36.8 Å². The van der Waals surface area contributed by atoms with Crippen LogP contribution >= 0.6 is 24.8 Å². The third kappa shape index (κ3) is 6.19. The van der Waals surface area contributed by atoms with E-state index in [9.17, 15) is 4.79 Å². The summed E-state index contributed by atoms with van der Waals surface area (Å²) in [4.78, 5) is 14.7. The van der Waals surface area contributed by atoms with Crippen LogP contribution in [0.25, 0.3) is 0 Å². The van der Waals surface area contributed by atoms with Gasteiger partial charge in [-0.3, -0.25) is 9.69 Å². The molecule has 0 bridgehead atoms. The average molecular weight is 428 g/mol. The van der Waals surface area contributed by atoms with Gasteiger partial charge in [-0.15, -0.1) is 24.8 Å². The summed E-state index contributed by atoms with van der Waals surface area (Å²) in [5.74, 6) is 1.49. The van der Waals surface area contributed by atoms with Gasteiger partial charge in [0.05, 0.1) is 14.2 Å². The zero-order chi connectivity index (χ0) is 18.5. The summed E-state index contributed by atoms with van der Waals surface area (Å²) < 4.78 is 10.7. The summed E-state index contributed by atoms with van der Waals surface area (Å²) in [5, 5.41) is 3.10. The van der Waals surface area contributed by atoms with Gasteiger partial charge in [-0.05, 0) is 42.3 Å². The number of likely N-dealkylation sites (tertiary alicyclic amines) is 1. The first-order valence-corrected chi connectivity index (χ1v) is 8.68. The molecule has 1 unspecified atom stereocenters. The van der Waals surface area contributed by atoms with Gasteiger partial charge in [0.1, 0.15) is 11.5 Å². The molecule has 6 nitrogen and oxygen atoms in total. The first-order chi connectivity index (χ1) is 12.6. The minimum Gasteiger partial charge on any atom is -0.497 e. The van der Waals surface area contributed by atoms with Crippen LogP contribution in [0.1, 0.15) is 22.3 Å². The van der Waals surface area contributed by atoms with Crippen molar-refractivity contribution >= 4 is 36.4 Å². The summed E-state index contributed by atoms with van der Waals surface area (Å²) in [6.45, 7) is 2.53. The van der Waals surface area contributed by atoms with Crippen LogP contribution in [0.4, 0.5) is 5.69 Å². The lowest BCUT2D eigenvalue weighted by molar-refractivity contribution is 0.0937. The topological polar surface area (TPSA) is 76.8 Å². The van der Waals surface area contributed by atoms with Gasteiger partial charge < -0.3 is 20.5 Å². The number of hydrogen-bond acceptors (Lipinski definition) is 5. The number of amides is 1. The van der Waals surface area contributed by atoms with E-state index in [4.69, 9.17) is 15.2 Å². The molecule has 1 heterocycles. The number of anilines is 1. The standard InChI is InChI=1S/C20H25N3O3.2ClH/c1-25-18-8-14(9-19(11-18)26-2)12-23-7-6-17(13-23)22-20(24)15-4-3-5-16(21)10-15;;/h3-5,8-11,17H,6-7,12-13,21H2,1-2H3,(H,22,24);2*1H. The average Bonchev–Trinajstić information content (AvgIpc) is 3.08. The number of rotatable bonds is 6. The molecule has 1 atom stereocenters. The molecule has 1 amide bonds. The lowest BCUT2D eigenvalue weighted by Crippen LogP contribution is -2.37. The summed E-state index contributed by atoms with van der Waals surface area (Å²) in [7, 11) is 3.30. The third-order valence-corrected chi connectivity index (χ3v) is 4.57. The SMILES string of the molecule is COc1cc(CN2CCC(NC(=O)c3cccc(N)c3)C2)cc(OC)c1.Cl.Cl. The van der Waals surface area contributed by atoms with Crippen molar-refractivity contribution in [3.63, 3.8) is 0 Å². The van der Waals surface area contributed by atoms with E-state index >= 15 is 0 Å². The van der Waals surface area contributed by atoms with E-state index in [1.165, 1.54) is 0 Å². The van der Waals surface area contributed by atoms with E-state index < -0.39 is 0 Å². The zero-order valence-electron chi connectivity index (χ0n) is 16.0. The zero-order valence-corrected chi connectivity index (χ0v) is 17.6. The van der Waals surface area contributed by atoms with E-state index in [2.05, 4.69) is 10.2 Å². The predicted molar refractivity (Wildman–Crippen MR) is 116 cm³/mol. The summed E-state index contributed by atoms with van der Waals surface area (Å²) in [5.41, 5.74) is 8.07. The first kappa shape index (κ1) is 23.9. The lowest BCUT2D eigenvalue weighted by Gasteiger charge is -2.18. The Bertz CT molecular complexity index is 767.